The number of aromatic amines is 1. The molecule has 0 aliphatic carbocycles. The van der Waals surface area contributed by atoms with Gasteiger partial charge in [0.2, 0.25) is 0 Å². The Labute approximate surface area is 187 Å². The van der Waals surface area contributed by atoms with E-state index < -0.39 is 0 Å². The molecule has 1 aliphatic heterocycles. The molecule has 0 radical (unpaired) electrons. The number of H-pyrrole nitrogens is 1. The second kappa shape index (κ2) is 9.30. The number of anilines is 2. The molecule has 1 atom stereocenters. The molecule has 0 amide bonds. The number of piperidine rings is 1. The van der Waals surface area contributed by atoms with Crippen LogP contribution in [0.3, 0.4) is 0 Å². The largest absolute Gasteiger partial charge is 0.497 e. The first-order chi connectivity index (χ1) is 15.5. The van der Waals surface area contributed by atoms with Crippen molar-refractivity contribution in [2.45, 2.75) is 32.7 Å². The van der Waals surface area contributed by atoms with Crippen LogP contribution in [0.4, 0.5) is 11.5 Å². The zero-order valence-corrected chi connectivity index (χ0v) is 18.9. The third kappa shape index (κ3) is 4.69. The first kappa shape index (κ1) is 21.7. The number of nitrogens with zero attached hydrogens (tertiary/aromatic N) is 3. The number of aryl methyl sites for hydroxylation is 1. The van der Waals surface area contributed by atoms with Crippen LogP contribution in [0, 0.1) is 13.8 Å². The zero-order valence-electron chi connectivity index (χ0n) is 18.9. The summed E-state index contributed by atoms with van der Waals surface area (Å²) in [5.41, 5.74) is 3.02. The van der Waals surface area contributed by atoms with Crippen molar-refractivity contribution in [1.29, 1.82) is 0 Å². The van der Waals surface area contributed by atoms with Gasteiger partial charge in [-0.2, -0.15) is 0 Å². The topological polar surface area (TPSA) is 92.4 Å². The van der Waals surface area contributed by atoms with Crippen LogP contribution < -0.4 is 25.2 Å². The van der Waals surface area contributed by atoms with Gasteiger partial charge in [0.15, 0.2) is 0 Å². The molecule has 3 heterocycles. The molecule has 0 saturated carbocycles. The molecule has 1 unspecified atom stereocenters. The van der Waals surface area contributed by atoms with E-state index in [2.05, 4.69) is 25.2 Å². The van der Waals surface area contributed by atoms with Crippen LogP contribution in [-0.4, -0.2) is 48.3 Å². The Balaban J connectivity index is 1.47. The van der Waals surface area contributed by atoms with Gasteiger partial charge in [-0.05, 0) is 38.8 Å². The molecule has 8 heteroatoms. The van der Waals surface area contributed by atoms with Crippen LogP contribution in [0.15, 0.2) is 41.3 Å². The van der Waals surface area contributed by atoms with Gasteiger partial charge in [0.25, 0.3) is 5.56 Å². The lowest BCUT2D eigenvalue weighted by Crippen LogP contribution is -2.42. The summed E-state index contributed by atoms with van der Waals surface area (Å²) in [5, 5.41) is 3.61. The van der Waals surface area contributed by atoms with Gasteiger partial charge < -0.3 is 24.7 Å². The Hall–Kier alpha value is -3.55. The molecule has 1 fully saturated rings. The minimum absolute atomic E-state index is 0.115. The monoisotopic (exact) mass is 435 g/mol. The van der Waals surface area contributed by atoms with Crippen molar-refractivity contribution >= 4 is 11.5 Å². The summed E-state index contributed by atoms with van der Waals surface area (Å²) in [6.45, 7) is 5.40. The SMILES string of the molecule is COc1cc(NC2CCCN(c3ccc(-c4nc(C)c(C)c(=O)[nH]4)cn3)C2)cc(OC)c1. The Morgan fingerprint density at radius 3 is 2.50 bits per heavy atom. The van der Waals surface area contributed by atoms with E-state index in [9.17, 15) is 4.79 Å². The number of benzene rings is 1. The third-order valence-corrected chi connectivity index (χ3v) is 5.88. The van der Waals surface area contributed by atoms with Crippen molar-refractivity contribution in [2.75, 3.05) is 37.5 Å². The van der Waals surface area contributed by atoms with Crippen molar-refractivity contribution in [2.24, 2.45) is 0 Å². The molecule has 1 aliphatic rings. The summed E-state index contributed by atoms with van der Waals surface area (Å²) in [5.74, 6) is 2.97. The fourth-order valence-corrected chi connectivity index (χ4v) is 3.92. The molecule has 32 heavy (non-hydrogen) atoms. The quantitative estimate of drug-likeness (QED) is 0.612. The molecule has 0 spiro atoms. The minimum atomic E-state index is -0.115. The lowest BCUT2D eigenvalue weighted by molar-refractivity contribution is 0.394. The predicted octanol–water partition coefficient (Wildman–Crippen LogP) is 3.55. The van der Waals surface area contributed by atoms with E-state index in [-0.39, 0.29) is 11.6 Å². The Morgan fingerprint density at radius 1 is 1.12 bits per heavy atom. The first-order valence-electron chi connectivity index (χ1n) is 10.8. The number of aromatic nitrogens is 3. The van der Waals surface area contributed by atoms with Crippen LogP contribution in [0.1, 0.15) is 24.1 Å². The van der Waals surface area contributed by atoms with Crippen LogP contribution in [0.2, 0.25) is 0 Å². The number of pyridine rings is 1. The molecule has 1 saturated heterocycles. The number of methoxy groups -OCH3 is 2. The van der Waals surface area contributed by atoms with E-state index in [1.807, 2.05) is 37.3 Å². The summed E-state index contributed by atoms with van der Waals surface area (Å²) in [6, 6.07) is 10.0. The second-order valence-electron chi connectivity index (χ2n) is 8.06. The maximum absolute atomic E-state index is 12.1. The molecule has 168 valence electrons. The van der Waals surface area contributed by atoms with E-state index in [1.54, 1.807) is 27.3 Å². The number of rotatable bonds is 6. The van der Waals surface area contributed by atoms with Gasteiger partial charge in [0.05, 0.1) is 14.2 Å². The lowest BCUT2D eigenvalue weighted by atomic mass is 10.0. The molecule has 2 N–H and O–H groups in total. The highest BCUT2D eigenvalue weighted by Crippen LogP contribution is 2.28. The molecular formula is C24H29N5O3. The molecular weight excluding hydrogens is 406 g/mol. The smallest absolute Gasteiger partial charge is 0.254 e. The maximum Gasteiger partial charge on any atom is 0.254 e. The summed E-state index contributed by atoms with van der Waals surface area (Å²) >= 11 is 0. The minimum Gasteiger partial charge on any atom is -0.497 e. The van der Waals surface area contributed by atoms with E-state index in [1.165, 1.54) is 0 Å². The van der Waals surface area contributed by atoms with E-state index in [0.717, 1.165) is 60.2 Å². The summed E-state index contributed by atoms with van der Waals surface area (Å²) < 4.78 is 10.8. The highest BCUT2D eigenvalue weighted by molar-refractivity contribution is 5.57. The average Bonchev–Trinajstić information content (AvgIpc) is 2.82. The first-order valence-corrected chi connectivity index (χ1v) is 10.8. The Morgan fingerprint density at radius 2 is 1.88 bits per heavy atom. The van der Waals surface area contributed by atoms with Crippen molar-refractivity contribution < 1.29 is 9.47 Å². The fraction of sp³-hybridized carbons (Fsp3) is 0.375. The van der Waals surface area contributed by atoms with E-state index >= 15 is 0 Å². The van der Waals surface area contributed by atoms with Crippen molar-refractivity contribution in [3.8, 4) is 22.9 Å². The van der Waals surface area contributed by atoms with Crippen molar-refractivity contribution in [3.63, 3.8) is 0 Å². The second-order valence-corrected chi connectivity index (χ2v) is 8.06. The van der Waals surface area contributed by atoms with Crippen molar-refractivity contribution in [3.05, 3.63) is 58.1 Å². The number of nitrogens with one attached hydrogen (secondary N) is 2. The summed E-state index contributed by atoms with van der Waals surface area (Å²) in [7, 11) is 3.30. The molecule has 2 aromatic heterocycles. The van der Waals surface area contributed by atoms with Gasteiger partial charge in [-0.15, -0.1) is 0 Å². The van der Waals surface area contributed by atoms with Gasteiger partial charge >= 0.3 is 0 Å². The molecule has 1 aromatic carbocycles. The van der Waals surface area contributed by atoms with Gasteiger partial charge in [-0.25, -0.2) is 9.97 Å². The van der Waals surface area contributed by atoms with Crippen molar-refractivity contribution in [1.82, 2.24) is 15.0 Å². The van der Waals surface area contributed by atoms with Gasteiger partial charge in [0, 0.05) is 66.0 Å². The van der Waals surface area contributed by atoms with E-state index in [4.69, 9.17) is 9.47 Å². The molecule has 3 aromatic rings. The van der Waals surface area contributed by atoms with Gasteiger partial charge in [-0.3, -0.25) is 4.79 Å². The average molecular weight is 436 g/mol. The standard InChI is InChI=1S/C24H29N5O3/c1-15-16(2)26-23(28-24(15)30)17-7-8-22(25-13-17)29-9-5-6-18(14-29)27-19-10-20(31-3)12-21(11-19)32-4/h7-8,10-13,18,27H,5-6,9,14H2,1-4H3,(H,26,28,30). The maximum atomic E-state index is 12.1. The van der Waals surface area contributed by atoms with Gasteiger partial charge in [0.1, 0.15) is 23.1 Å². The fourth-order valence-electron chi connectivity index (χ4n) is 3.92. The van der Waals surface area contributed by atoms with Crippen LogP contribution >= 0.6 is 0 Å². The Kier molecular flexibility index (Phi) is 6.30. The highest BCUT2D eigenvalue weighted by atomic mass is 16.5. The lowest BCUT2D eigenvalue weighted by Gasteiger charge is -2.34. The van der Waals surface area contributed by atoms with Crippen LogP contribution in [0.25, 0.3) is 11.4 Å². The number of ether oxygens (including phenoxy) is 2. The highest BCUT2D eigenvalue weighted by Gasteiger charge is 2.21. The summed E-state index contributed by atoms with van der Waals surface area (Å²) in [4.78, 5) is 26.3. The number of hydrogen-bond acceptors (Lipinski definition) is 7. The zero-order chi connectivity index (χ0) is 22.7. The van der Waals surface area contributed by atoms with Crippen LogP contribution in [0.5, 0.6) is 11.5 Å². The van der Waals surface area contributed by atoms with Crippen LogP contribution in [-0.2, 0) is 0 Å². The normalized spacial score (nSPS) is 16.0. The summed E-state index contributed by atoms with van der Waals surface area (Å²) in [6.07, 6.45) is 3.91. The third-order valence-electron chi connectivity index (χ3n) is 5.88. The molecule has 0 bridgehead atoms. The molecule has 4 rings (SSSR count). The number of hydrogen-bond donors (Lipinski definition) is 2. The van der Waals surface area contributed by atoms with E-state index in [0.29, 0.717) is 11.4 Å². The Bertz CT molecular complexity index is 1120. The predicted molar refractivity (Wildman–Crippen MR) is 126 cm³/mol. The molecule has 8 nitrogen and oxygen atoms in total. The van der Waals surface area contributed by atoms with Gasteiger partial charge in [-0.1, -0.05) is 0 Å².